The summed E-state index contributed by atoms with van der Waals surface area (Å²) in [6.07, 6.45) is -4.39. The lowest BCUT2D eigenvalue weighted by Gasteiger charge is -2.10. The van der Waals surface area contributed by atoms with Gasteiger partial charge in [-0.15, -0.1) is 0 Å². The lowest BCUT2D eigenvalue weighted by Crippen LogP contribution is -2.11. The highest BCUT2D eigenvalue weighted by molar-refractivity contribution is 5.60. The number of benzene rings is 1. The number of nitrogen functional groups attached to an aromatic ring is 1. The van der Waals surface area contributed by atoms with Gasteiger partial charge in [-0.05, 0) is 25.2 Å². The first-order chi connectivity index (χ1) is 7.99. The summed E-state index contributed by atoms with van der Waals surface area (Å²) in [5.74, 6) is 10.6. The molecule has 1 aromatic rings. The van der Waals surface area contributed by atoms with Gasteiger partial charge < -0.3 is 10.7 Å². The Balaban J connectivity index is 3.07. The smallest absolute Gasteiger partial charge is 0.323 e. The first kappa shape index (κ1) is 13.4. The lowest BCUT2D eigenvalue weighted by atomic mass is 10.1. The van der Waals surface area contributed by atoms with Gasteiger partial charge in [0.15, 0.2) is 0 Å². The van der Waals surface area contributed by atoms with Crippen LogP contribution in [0.2, 0.25) is 0 Å². The minimum Gasteiger partial charge on any atom is -0.323 e. The fraction of sp³-hybridized carbons (Fsp3) is 0.273. The van der Waals surface area contributed by atoms with Crippen LogP contribution in [0.4, 0.5) is 18.9 Å². The number of hydrogen-bond donors (Lipinski definition) is 3. The van der Waals surface area contributed by atoms with Gasteiger partial charge in [0.25, 0.3) is 0 Å². The van der Waals surface area contributed by atoms with Crippen LogP contribution in [0.15, 0.2) is 18.2 Å². The topological polar surface area (TPSA) is 50.1 Å². The molecule has 17 heavy (non-hydrogen) atoms. The zero-order chi connectivity index (χ0) is 12.9. The second kappa shape index (κ2) is 5.57. The molecule has 0 bridgehead atoms. The van der Waals surface area contributed by atoms with Crippen LogP contribution < -0.4 is 16.6 Å². The minimum absolute atomic E-state index is 0.156. The van der Waals surface area contributed by atoms with Gasteiger partial charge in [0.05, 0.1) is 17.8 Å². The highest BCUT2D eigenvalue weighted by Gasteiger charge is 2.30. The molecule has 0 saturated carbocycles. The first-order valence-electron chi connectivity index (χ1n) is 4.80. The highest BCUT2D eigenvalue weighted by atomic mass is 19.4. The summed E-state index contributed by atoms with van der Waals surface area (Å²) in [5, 5.41) is 2.81. The quantitative estimate of drug-likeness (QED) is 0.420. The molecule has 6 heteroatoms. The zero-order valence-corrected chi connectivity index (χ0v) is 9.15. The molecule has 0 aliphatic carbocycles. The summed E-state index contributed by atoms with van der Waals surface area (Å²) in [7, 11) is 1.73. The van der Waals surface area contributed by atoms with E-state index in [1.54, 1.807) is 7.05 Å². The predicted octanol–water partition coefficient (Wildman–Crippen LogP) is 1.56. The number of hydrogen-bond acceptors (Lipinski definition) is 3. The van der Waals surface area contributed by atoms with Gasteiger partial charge in [0.1, 0.15) is 0 Å². The number of halogens is 3. The molecule has 0 radical (unpaired) electrons. The molecule has 0 unspecified atom stereocenters. The van der Waals surface area contributed by atoms with E-state index >= 15 is 0 Å². The number of nitrogens with two attached hydrogens (primary N) is 1. The van der Waals surface area contributed by atoms with Gasteiger partial charge in [-0.2, -0.15) is 13.2 Å². The highest BCUT2D eigenvalue weighted by Crippen LogP contribution is 2.31. The van der Waals surface area contributed by atoms with E-state index in [0.29, 0.717) is 12.1 Å². The average Bonchev–Trinajstić information content (AvgIpc) is 2.28. The Morgan fingerprint density at radius 3 is 2.59 bits per heavy atom. The molecule has 0 aliphatic rings. The average molecular weight is 243 g/mol. The summed E-state index contributed by atoms with van der Waals surface area (Å²) < 4.78 is 37.3. The Morgan fingerprint density at radius 1 is 1.35 bits per heavy atom. The standard InChI is InChI=1S/C11H12F3N3/c1-16-6-2-3-8-4-5-9(11(12,13)14)7-10(8)17-15/h4-5,7,16-17H,6,15H2,1H3. The van der Waals surface area contributed by atoms with E-state index in [2.05, 4.69) is 22.6 Å². The van der Waals surface area contributed by atoms with Crippen molar-refractivity contribution in [2.24, 2.45) is 5.84 Å². The van der Waals surface area contributed by atoms with Crippen molar-refractivity contribution >= 4 is 5.69 Å². The third-order valence-corrected chi connectivity index (χ3v) is 1.99. The van der Waals surface area contributed by atoms with Crippen molar-refractivity contribution in [3.8, 4) is 11.8 Å². The molecule has 3 nitrogen and oxygen atoms in total. The first-order valence-corrected chi connectivity index (χ1v) is 4.80. The third kappa shape index (κ3) is 3.66. The number of rotatable bonds is 2. The van der Waals surface area contributed by atoms with Crippen molar-refractivity contribution in [3.63, 3.8) is 0 Å². The van der Waals surface area contributed by atoms with Crippen LogP contribution in [0.25, 0.3) is 0 Å². The molecule has 1 aromatic carbocycles. The van der Waals surface area contributed by atoms with Gasteiger partial charge >= 0.3 is 6.18 Å². The van der Waals surface area contributed by atoms with Crippen LogP contribution in [0.5, 0.6) is 0 Å². The van der Waals surface area contributed by atoms with Gasteiger partial charge in [0, 0.05) is 5.56 Å². The van der Waals surface area contributed by atoms with E-state index in [1.165, 1.54) is 6.07 Å². The molecular weight excluding hydrogens is 231 g/mol. The summed E-state index contributed by atoms with van der Waals surface area (Å²) in [4.78, 5) is 0. The maximum absolute atomic E-state index is 12.4. The molecule has 0 saturated heterocycles. The molecule has 4 N–H and O–H groups in total. The van der Waals surface area contributed by atoms with E-state index in [9.17, 15) is 13.2 Å². The van der Waals surface area contributed by atoms with Crippen molar-refractivity contribution in [1.29, 1.82) is 0 Å². The number of anilines is 1. The van der Waals surface area contributed by atoms with Gasteiger partial charge in [-0.25, -0.2) is 0 Å². The van der Waals surface area contributed by atoms with E-state index in [-0.39, 0.29) is 5.69 Å². The van der Waals surface area contributed by atoms with Crippen LogP contribution in [-0.4, -0.2) is 13.6 Å². The van der Waals surface area contributed by atoms with E-state index in [0.717, 1.165) is 12.1 Å². The van der Waals surface area contributed by atoms with Crippen molar-refractivity contribution in [2.45, 2.75) is 6.18 Å². The molecule has 92 valence electrons. The van der Waals surface area contributed by atoms with Crippen LogP contribution in [-0.2, 0) is 6.18 Å². The van der Waals surface area contributed by atoms with Gasteiger partial charge in [-0.1, -0.05) is 11.8 Å². The van der Waals surface area contributed by atoms with Gasteiger partial charge in [0.2, 0.25) is 0 Å². The molecule has 0 aromatic heterocycles. The molecular formula is C11H12F3N3. The van der Waals surface area contributed by atoms with Crippen molar-refractivity contribution < 1.29 is 13.2 Å². The van der Waals surface area contributed by atoms with Crippen molar-refractivity contribution in [3.05, 3.63) is 29.3 Å². The normalized spacial score (nSPS) is 10.6. The van der Waals surface area contributed by atoms with Gasteiger partial charge in [-0.3, -0.25) is 5.84 Å². The Hall–Kier alpha value is -1.71. The SMILES string of the molecule is CNCC#Cc1ccc(C(F)(F)F)cc1NN. The summed E-state index contributed by atoms with van der Waals surface area (Å²) in [6, 6.07) is 3.20. The zero-order valence-electron chi connectivity index (χ0n) is 9.15. The van der Waals surface area contributed by atoms with Crippen LogP contribution in [0.3, 0.4) is 0 Å². The Morgan fingerprint density at radius 2 is 2.06 bits per heavy atom. The minimum atomic E-state index is -4.39. The maximum atomic E-state index is 12.4. The summed E-state index contributed by atoms with van der Waals surface area (Å²) in [5.41, 5.74) is 2.04. The van der Waals surface area contributed by atoms with Crippen molar-refractivity contribution in [1.82, 2.24) is 5.32 Å². The van der Waals surface area contributed by atoms with Crippen LogP contribution in [0.1, 0.15) is 11.1 Å². The summed E-state index contributed by atoms with van der Waals surface area (Å²) in [6.45, 7) is 0.449. The monoisotopic (exact) mass is 243 g/mol. The molecule has 0 aliphatic heterocycles. The number of alkyl halides is 3. The molecule has 0 fully saturated rings. The third-order valence-electron chi connectivity index (χ3n) is 1.99. The number of nitrogens with one attached hydrogen (secondary N) is 2. The Labute approximate surface area is 97.2 Å². The molecule has 1 rings (SSSR count). The van der Waals surface area contributed by atoms with Crippen molar-refractivity contribution in [2.75, 3.05) is 19.0 Å². The maximum Gasteiger partial charge on any atom is 0.416 e. The fourth-order valence-electron chi connectivity index (χ4n) is 1.18. The van der Waals surface area contributed by atoms with Crippen LogP contribution in [0, 0.1) is 11.8 Å². The molecule has 0 spiro atoms. The lowest BCUT2D eigenvalue weighted by molar-refractivity contribution is -0.137. The second-order valence-corrected chi connectivity index (χ2v) is 3.23. The van der Waals surface area contributed by atoms with Crippen LogP contribution >= 0.6 is 0 Å². The van der Waals surface area contributed by atoms with E-state index in [1.807, 2.05) is 0 Å². The van der Waals surface area contributed by atoms with E-state index in [4.69, 9.17) is 5.84 Å². The predicted molar refractivity (Wildman–Crippen MR) is 60.1 cm³/mol. The summed E-state index contributed by atoms with van der Waals surface area (Å²) >= 11 is 0. The Kier molecular flexibility index (Phi) is 4.37. The molecule has 0 heterocycles. The molecule has 0 atom stereocenters. The second-order valence-electron chi connectivity index (χ2n) is 3.23. The van der Waals surface area contributed by atoms with E-state index < -0.39 is 11.7 Å². The Bertz CT molecular complexity index is 444. The number of hydrazine groups is 1. The molecule has 0 amide bonds. The largest absolute Gasteiger partial charge is 0.416 e. The fourth-order valence-corrected chi connectivity index (χ4v) is 1.18.